The van der Waals surface area contributed by atoms with Crippen LogP contribution in [-0.2, 0) is 10.0 Å². The van der Waals surface area contributed by atoms with Crippen LogP contribution in [0, 0.1) is 6.92 Å². The third-order valence-corrected chi connectivity index (χ3v) is 2.57. The molecule has 0 unspecified atom stereocenters. The largest absolute Gasteiger partial charge is 0.421 e. The molecule has 0 spiro atoms. The van der Waals surface area contributed by atoms with Gasteiger partial charge in [-0.3, -0.25) is 4.72 Å². The van der Waals surface area contributed by atoms with E-state index in [0.717, 1.165) is 11.8 Å². The second-order valence-corrected chi connectivity index (χ2v) is 5.33. The van der Waals surface area contributed by atoms with Gasteiger partial charge >= 0.3 is 0 Å². The van der Waals surface area contributed by atoms with Crippen LogP contribution in [0.4, 0.5) is 5.69 Å². The lowest BCUT2D eigenvalue weighted by Crippen LogP contribution is -2.09. The Balaban J connectivity index is 2.24. The van der Waals surface area contributed by atoms with E-state index < -0.39 is 10.0 Å². The van der Waals surface area contributed by atoms with Gasteiger partial charge in [0.15, 0.2) is 0 Å². The lowest BCUT2D eigenvalue weighted by Gasteiger charge is -2.03. The number of rotatable bonds is 3. The molecule has 6 nitrogen and oxygen atoms in total. The van der Waals surface area contributed by atoms with Crippen LogP contribution < -0.4 is 4.72 Å². The minimum absolute atomic E-state index is 0.411. The van der Waals surface area contributed by atoms with Crippen LogP contribution in [-0.4, -0.2) is 24.9 Å². The van der Waals surface area contributed by atoms with Crippen molar-refractivity contribution in [3.8, 4) is 11.5 Å². The highest BCUT2D eigenvalue weighted by Gasteiger charge is 2.06. The molecule has 2 rings (SSSR count). The van der Waals surface area contributed by atoms with Gasteiger partial charge in [0.05, 0.1) is 6.26 Å². The molecule has 0 radical (unpaired) electrons. The Labute approximate surface area is 98.7 Å². The van der Waals surface area contributed by atoms with Gasteiger partial charge in [0, 0.05) is 18.2 Å². The molecule has 1 aromatic carbocycles. The molecule has 2 aromatic rings. The van der Waals surface area contributed by atoms with Gasteiger partial charge in [0.25, 0.3) is 0 Å². The lowest BCUT2D eigenvalue weighted by atomic mass is 10.2. The van der Waals surface area contributed by atoms with E-state index in [4.69, 9.17) is 4.42 Å². The number of sulfonamides is 1. The summed E-state index contributed by atoms with van der Waals surface area (Å²) in [5.74, 6) is 0.895. The molecule has 1 heterocycles. The topological polar surface area (TPSA) is 85.1 Å². The molecule has 7 heteroatoms. The molecule has 17 heavy (non-hydrogen) atoms. The van der Waals surface area contributed by atoms with Crippen LogP contribution in [0.25, 0.3) is 11.5 Å². The first kappa shape index (κ1) is 11.6. The Hall–Kier alpha value is -1.89. The fourth-order valence-corrected chi connectivity index (χ4v) is 1.87. The molecule has 1 N–H and O–H groups in total. The summed E-state index contributed by atoms with van der Waals surface area (Å²) in [7, 11) is -3.25. The fraction of sp³-hybridized carbons (Fsp3) is 0.200. The first-order valence-electron chi connectivity index (χ1n) is 4.82. The number of nitrogens with zero attached hydrogens (tertiary/aromatic N) is 2. The zero-order valence-electron chi connectivity index (χ0n) is 9.34. The molecule has 0 saturated heterocycles. The smallest absolute Gasteiger partial charge is 0.247 e. The summed E-state index contributed by atoms with van der Waals surface area (Å²) in [4.78, 5) is 0. The molecule has 0 atom stereocenters. The highest BCUT2D eigenvalue weighted by atomic mass is 32.2. The Morgan fingerprint density at radius 3 is 2.29 bits per heavy atom. The Morgan fingerprint density at radius 1 is 1.18 bits per heavy atom. The van der Waals surface area contributed by atoms with Gasteiger partial charge < -0.3 is 4.42 Å². The number of anilines is 1. The van der Waals surface area contributed by atoms with Crippen molar-refractivity contribution in [3.05, 3.63) is 30.2 Å². The summed E-state index contributed by atoms with van der Waals surface area (Å²) in [6, 6.07) is 6.69. The van der Waals surface area contributed by atoms with E-state index in [9.17, 15) is 8.42 Å². The van der Waals surface area contributed by atoms with Gasteiger partial charge in [-0.05, 0) is 24.3 Å². The summed E-state index contributed by atoms with van der Waals surface area (Å²) in [5, 5.41) is 7.58. The van der Waals surface area contributed by atoms with E-state index in [1.165, 1.54) is 0 Å². The van der Waals surface area contributed by atoms with Crippen LogP contribution in [0.5, 0.6) is 0 Å². The molecule has 0 aliphatic rings. The number of benzene rings is 1. The monoisotopic (exact) mass is 253 g/mol. The molecule has 0 aliphatic carbocycles. The zero-order valence-corrected chi connectivity index (χ0v) is 10.2. The van der Waals surface area contributed by atoms with Crippen LogP contribution >= 0.6 is 0 Å². The van der Waals surface area contributed by atoms with Gasteiger partial charge in [-0.25, -0.2) is 8.42 Å². The predicted molar refractivity (Wildman–Crippen MR) is 62.9 cm³/mol. The normalized spacial score (nSPS) is 11.4. The highest BCUT2D eigenvalue weighted by Crippen LogP contribution is 2.20. The van der Waals surface area contributed by atoms with E-state index >= 15 is 0 Å². The third-order valence-electron chi connectivity index (χ3n) is 1.96. The number of hydrogen-bond donors (Lipinski definition) is 1. The number of aryl methyl sites for hydroxylation is 1. The van der Waals surface area contributed by atoms with Crippen molar-refractivity contribution in [2.45, 2.75) is 6.92 Å². The SMILES string of the molecule is Cc1nnc(-c2ccc(NS(C)(=O)=O)cc2)o1. The summed E-state index contributed by atoms with van der Waals surface area (Å²) < 4.78 is 29.6. The zero-order chi connectivity index (χ0) is 12.5. The summed E-state index contributed by atoms with van der Waals surface area (Å²) in [5.41, 5.74) is 1.23. The van der Waals surface area contributed by atoms with E-state index in [0.29, 0.717) is 17.5 Å². The van der Waals surface area contributed by atoms with Crippen molar-refractivity contribution in [3.63, 3.8) is 0 Å². The maximum Gasteiger partial charge on any atom is 0.247 e. The summed E-state index contributed by atoms with van der Waals surface area (Å²) in [6.45, 7) is 1.70. The van der Waals surface area contributed by atoms with Crippen molar-refractivity contribution < 1.29 is 12.8 Å². The van der Waals surface area contributed by atoms with Crippen LogP contribution in [0.3, 0.4) is 0 Å². The number of hydrogen-bond acceptors (Lipinski definition) is 5. The molecule has 0 fully saturated rings. The van der Waals surface area contributed by atoms with Gasteiger partial charge in [-0.15, -0.1) is 10.2 Å². The lowest BCUT2D eigenvalue weighted by molar-refractivity contribution is 0.533. The quantitative estimate of drug-likeness (QED) is 0.894. The summed E-state index contributed by atoms with van der Waals surface area (Å²) in [6.07, 6.45) is 1.10. The van der Waals surface area contributed by atoms with Gasteiger partial charge in [0.2, 0.25) is 21.8 Å². The van der Waals surface area contributed by atoms with Crippen LogP contribution in [0.15, 0.2) is 28.7 Å². The molecule has 0 saturated carbocycles. The Kier molecular flexibility index (Phi) is 2.84. The molecule has 0 bridgehead atoms. The van der Waals surface area contributed by atoms with Crippen molar-refractivity contribution in [2.75, 3.05) is 11.0 Å². The molecule has 90 valence electrons. The molecular formula is C10H11N3O3S. The van der Waals surface area contributed by atoms with Gasteiger partial charge in [0.1, 0.15) is 0 Å². The van der Waals surface area contributed by atoms with E-state index in [2.05, 4.69) is 14.9 Å². The van der Waals surface area contributed by atoms with Crippen molar-refractivity contribution in [1.82, 2.24) is 10.2 Å². The Bertz CT molecular complexity index is 617. The highest BCUT2D eigenvalue weighted by molar-refractivity contribution is 7.92. The van der Waals surface area contributed by atoms with Crippen molar-refractivity contribution >= 4 is 15.7 Å². The third kappa shape index (κ3) is 3.04. The molecular weight excluding hydrogens is 242 g/mol. The van der Waals surface area contributed by atoms with Crippen LogP contribution in [0.2, 0.25) is 0 Å². The van der Waals surface area contributed by atoms with Crippen molar-refractivity contribution in [2.24, 2.45) is 0 Å². The average molecular weight is 253 g/mol. The van der Waals surface area contributed by atoms with Gasteiger partial charge in [-0.2, -0.15) is 0 Å². The molecule has 1 aromatic heterocycles. The first-order chi connectivity index (χ1) is 7.94. The van der Waals surface area contributed by atoms with Gasteiger partial charge in [-0.1, -0.05) is 0 Å². The molecule has 0 aliphatic heterocycles. The minimum Gasteiger partial charge on any atom is -0.421 e. The van der Waals surface area contributed by atoms with E-state index in [-0.39, 0.29) is 0 Å². The number of aromatic nitrogens is 2. The summed E-state index contributed by atoms with van der Waals surface area (Å²) >= 11 is 0. The van der Waals surface area contributed by atoms with E-state index in [1.54, 1.807) is 31.2 Å². The van der Waals surface area contributed by atoms with Crippen LogP contribution in [0.1, 0.15) is 5.89 Å². The van der Waals surface area contributed by atoms with E-state index in [1.807, 2.05) is 0 Å². The second-order valence-electron chi connectivity index (χ2n) is 3.58. The minimum atomic E-state index is -3.25. The maximum absolute atomic E-state index is 11.0. The first-order valence-corrected chi connectivity index (χ1v) is 6.71. The van der Waals surface area contributed by atoms with Crippen molar-refractivity contribution in [1.29, 1.82) is 0 Å². The number of nitrogens with one attached hydrogen (secondary N) is 1. The predicted octanol–water partition coefficient (Wildman–Crippen LogP) is 1.42. The average Bonchev–Trinajstić information content (AvgIpc) is 2.63. The Morgan fingerprint density at radius 2 is 1.82 bits per heavy atom. The standard InChI is InChI=1S/C10H11N3O3S/c1-7-11-12-10(16-7)8-3-5-9(6-4-8)13-17(2,14)15/h3-6,13H,1-2H3. The fourth-order valence-electron chi connectivity index (χ4n) is 1.31. The second kappa shape index (κ2) is 4.17. The maximum atomic E-state index is 11.0. The molecule has 0 amide bonds.